The Balaban J connectivity index is 3.01. The van der Waals surface area contributed by atoms with E-state index in [0.717, 1.165) is 4.90 Å². The molecule has 0 bridgehead atoms. The molecule has 0 saturated heterocycles. The Morgan fingerprint density at radius 3 is 2.59 bits per heavy atom. The molecule has 1 aromatic heterocycles. The molecule has 0 aliphatic rings. The van der Waals surface area contributed by atoms with Gasteiger partial charge in [0.15, 0.2) is 5.82 Å². The summed E-state index contributed by atoms with van der Waals surface area (Å²) in [6.07, 6.45) is 3.47. The number of aromatic nitrogens is 2. The van der Waals surface area contributed by atoms with E-state index in [2.05, 4.69) is 15.3 Å². The Bertz CT molecular complexity index is 407. The number of halogens is 1. The first kappa shape index (κ1) is 13.4. The van der Waals surface area contributed by atoms with E-state index in [1.807, 2.05) is 6.92 Å². The topological polar surface area (TPSA) is 75.2 Å². The van der Waals surface area contributed by atoms with Crippen molar-refractivity contribution >= 4 is 29.4 Å². The van der Waals surface area contributed by atoms with Crippen LogP contribution in [-0.4, -0.2) is 29.0 Å². The predicted octanol–water partition coefficient (Wildman–Crippen LogP) is 1.60. The highest BCUT2D eigenvalue weighted by Crippen LogP contribution is 2.13. The van der Waals surface area contributed by atoms with E-state index in [9.17, 15) is 9.59 Å². The van der Waals surface area contributed by atoms with Crippen LogP contribution < -0.4 is 10.2 Å². The average Bonchev–Trinajstić information content (AvgIpc) is 2.32. The van der Waals surface area contributed by atoms with Gasteiger partial charge < -0.3 is 5.32 Å². The molecule has 0 aliphatic heterocycles. The number of carbonyl (C=O) groups excluding carboxylic acids is 2. The van der Waals surface area contributed by atoms with Crippen LogP contribution in [0, 0.1) is 0 Å². The van der Waals surface area contributed by atoms with Crippen molar-refractivity contribution in [3.8, 4) is 0 Å². The van der Waals surface area contributed by atoms with Gasteiger partial charge in [-0.05, 0) is 6.42 Å². The zero-order valence-corrected chi connectivity index (χ0v) is 10.4. The second-order valence-electron chi connectivity index (χ2n) is 3.23. The van der Waals surface area contributed by atoms with Gasteiger partial charge in [0.05, 0.1) is 12.4 Å². The molecular weight excluding hydrogens is 244 g/mol. The van der Waals surface area contributed by atoms with Gasteiger partial charge in [0.25, 0.3) is 0 Å². The number of nitrogens with zero attached hydrogens (tertiary/aromatic N) is 3. The lowest BCUT2D eigenvalue weighted by molar-refractivity contribution is -0.117. The number of hydrogen-bond acceptors (Lipinski definition) is 4. The summed E-state index contributed by atoms with van der Waals surface area (Å²) in [7, 11) is 1.44. The Kier molecular flexibility index (Phi) is 4.84. The molecule has 0 aromatic carbocycles. The summed E-state index contributed by atoms with van der Waals surface area (Å²) in [6, 6.07) is -0.542. The van der Waals surface area contributed by atoms with Crippen LogP contribution >= 0.6 is 11.6 Å². The second kappa shape index (κ2) is 6.15. The Morgan fingerprint density at radius 1 is 1.41 bits per heavy atom. The zero-order chi connectivity index (χ0) is 12.8. The van der Waals surface area contributed by atoms with E-state index in [1.165, 1.54) is 19.4 Å². The highest BCUT2D eigenvalue weighted by Gasteiger charge is 2.23. The lowest BCUT2D eigenvalue weighted by Crippen LogP contribution is -2.43. The fourth-order valence-electron chi connectivity index (χ4n) is 1.20. The standard InChI is InChI=1S/C10H13ClN4O2/c1-3-4-9(16)15(10(17)12-2)8-6-13-7(11)5-14-8/h5-6H,3-4H2,1-2H3,(H,12,17). The normalized spacial score (nSPS) is 9.82. The average molecular weight is 257 g/mol. The molecule has 0 spiro atoms. The quantitative estimate of drug-likeness (QED) is 0.891. The fourth-order valence-corrected chi connectivity index (χ4v) is 1.30. The van der Waals surface area contributed by atoms with E-state index < -0.39 is 6.03 Å². The van der Waals surface area contributed by atoms with Gasteiger partial charge in [0.2, 0.25) is 5.91 Å². The molecule has 0 fully saturated rings. The third kappa shape index (κ3) is 3.39. The van der Waals surface area contributed by atoms with Crippen molar-refractivity contribution in [1.29, 1.82) is 0 Å². The van der Waals surface area contributed by atoms with Gasteiger partial charge in [-0.15, -0.1) is 0 Å². The highest BCUT2D eigenvalue weighted by atomic mass is 35.5. The van der Waals surface area contributed by atoms with Crippen molar-refractivity contribution in [1.82, 2.24) is 15.3 Å². The summed E-state index contributed by atoms with van der Waals surface area (Å²) >= 11 is 5.59. The number of amides is 3. The highest BCUT2D eigenvalue weighted by molar-refractivity contribution is 6.29. The van der Waals surface area contributed by atoms with Gasteiger partial charge in [-0.2, -0.15) is 0 Å². The summed E-state index contributed by atoms with van der Waals surface area (Å²) in [5.74, 6) is -0.171. The molecule has 0 radical (unpaired) electrons. The first-order chi connectivity index (χ1) is 8.10. The molecule has 0 aliphatic carbocycles. The zero-order valence-electron chi connectivity index (χ0n) is 9.61. The number of hydrogen-bond donors (Lipinski definition) is 1. The number of carbonyl (C=O) groups is 2. The smallest absolute Gasteiger partial charge is 0.329 e. The van der Waals surface area contributed by atoms with Crippen molar-refractivity contribution in [2.75, 3.05) is 11.9 Å². The largest absolute Gasteiger partial charge is 0.340 e. The number of imide groups is 1. The summed E-state index contributed by atoms with van der Waals surface area (Å²) in [5, 5.41) is 2.59. The lowest BCUT2D eigenvalue weighted by atomic mass is 10.3. The first-order valence-electron chi connectivity index (χ1n) is 5.12. The van der Waals surface area contributed by atoms with Gasteiger partial charge in [-0.3, -0.25) is 4.79 Å². The SMILES string of the molecule is CCCC(=O)N(C(=O)NC)c1cnc(Cl)cn1. The second-order valence-corrected chi connectivity index (χ2v) is 3.62. The molecule has 7 heteroatoms. The Labute approximate surface area is 104 Å². The molecule has 1 rings (SSSR count). The van der Waals surface area contributed by atoms with Crippen LogP contribution in [0.1, 0.15) is 19.8 Å². The van der Waals surface area contributed by atoms with Gasteiger partial charge in [-0.1, -0.05) is 18.5 Å². The fraction of sp³-hybridized carbons (Fsp3) is 0.400. The van der Waals surface area contributed by atoms with Crippen molar-refractivity contribution < 1.29 is 9.59 Å². The molecule has 0 unspecified atom stereocenters. The summed E-state index contributed by atoms with van der Waals surface area (Å²) < 4.78 is 0. The molecule has 3 amide bonds. The molecule has 0 atom stereocenters. The summed E-state index contributed by atoms with van der Waals surface area (Å²) in [6.45, 7) is 1.85. The third-order valence-electron chi connectivity index (χ3n) is 1.97. The number of urea groups is 1. The number of nitrogens with one attached hydrogen (secondary N) is 1. The van der Waals surface area contributed by atoms with Crippen molar-refractivity contribution in [3.63, 3.8) is 0 Å². The van der Waals surface area contributed by atoms with Crippen LogP contribution in [0.15, 0.2) is 12.4 Å². The van der Waals surface area contributed by atoms with E-state index in [-0.39, 0.29) is 23.3 Å². The van der Waals surface area contributed by atoms with Crippen LogP contribution in [0.25, 0.3) is 0 Å². The van der Waals surface area contributed by atoms with Gasteiger partial charge in [-0.25, -0.2) is 19.7 Å². The third-order valence-corrected chi connectivity index (χ3v) is 2.16. The van der Waals surface area contributed by atoms with Crippen molar-refractivity contribution in [2.24, 2.45) is 0 Å². The molecule has 1 heterocycles. The van der Waals surface area contributed by atoms with Crippen LogP contribution in [0.5, 0.6) is 0 Å². The first-order valence-corrected chi connectivity index (χ1v) is 5.50. The van der Waals surface area contributed by atoms with Gasteiger partial charge in [0, 0.05) is 13.5 Å². The van der Waals surface area contributed by atoms with E-state index in [1.54, 1.807) is 0 Å². The van der Waals surface area contributed by atoms with Crippen LogP contribution in [0.2, 0.25) is 5.15 Å². The molecule has 92 valence electrons. The van der Waals surface area contributed by atoms with E-state index in [4.69, 9.17) is 11.6 Å². The van der Waals surface area contributed by atoms with E-state index in [0.29, 0.717) is 6.42 Å². The summed E-state index contributed by atoms with van der Waals surface area (Å²) in [4.78, 5) is 32.0. The molecule has 1 aromatic rings. The monoisotopic (exact) mass is 256 g/mol. The minimum Gasteiger partial charge on any atom is -0.340 e. The Morgan fingerprint density at radius 2 is 2.12 bits per heavy atom. The summed E-state index contributed by atoms with van der Waals surface area (Å²) in [5.41, 5.74) is 0. The van der Waals surface area contributed by atoms with Crippen LogP contribution in [-0.2, 0) is 4.79 Å². The molecule has 6 nitrogen and oxygen atoms in total. The van der Waals surface area contributed by atoms with Crippen LogP contribution in [0.4, 0.5) is 10.6 Å². The number of rotatable bonds is 3. The minimum absolute atomic E-state index is 0.159. The van der Waals surface area contributed by atoms with Crippen molar-refractivity contribution in [3.05, 3.63) is 17.5 Å². The molecule has 1 N–H and O–H groups in total. The Hall–Kier alpha value is -1.69. The van der Waals surface area contributed by atoms with Gasteiger partial charge >= 0.3 is 6.03 Å². The molecule has 17 heavy (non-hydrogen) atoms. The predicted molar refractivity (Wildman–Crippen MR) is 63.9 cm³/mol. The molecular formula is C10H13ClN4O2. The maximum absolute atomic E-state index is 11.8. The van der Waals surface area contributed by atoms with E-state index >= 15 is 0 Å². The number of anilines is 1. The lowest BCUT2D eigenvalue weighted by Gasteiger charge is -2.18. The van der Waals surface area contributed by atoms with Gasteiger partial charge in [0.1, 0.15) is 5.15 Å². The van der Waals surface area contributed by atoms with Crippen LogP contribution in [0.3, 0.4) is 0 Å². The molecule has 0 saturated carbocycles. The van der Waals surface area contributed by atoms with Crippen molar-refractivity contribution in [2.45, 2.75) is 19.8 Å². The minimum atomic E-state index is -0.542. The maximum Gasteiger partial charge on any atom is 0.329 e. The maximum atomic E-state index is 11.8.